The molecule has 0 aromatic heterocycles. The summed E-state index contributed by atoms with van der Waals surface area (Å²) < 4.78 is 0. The van der Waals surface area contributed by atoms with Crippen molar-refractivity contribution >= 4 is 15.9 Å². The van der Waals surface area contributed by atoms with E-state index in [1.165, 1.54) is 19.3 Å². The maximum atomic E-state index is 3.72. The maximum absolute atomic E-state index is 3.72. The molecule has 0 nitrogen and oxygen atoms in total. The van der Waals surface area contributed by atoms with E-state index in [-0.39, 0.29) is 0 Å². The number of alkyl halides is 1. The van der Waals surface area contributed by atoms with E-state index in [0.717, 1.165) is 23.1 Å². The van der Waals surface area contributed by atoms with E-state index >= 15 is 0 Å². The lowest BCUT2D eigenvalue weighted by Crippen LogP contribution is -2.10. The molecular weight excluding hydrogens is 212 g/mol. The summed E-state index contributed by atoms with van der Waals surface area (Å²) >= 11 is 3.72. The quantitative estimate of drug-likeness (QED) is 0.501. The molecule has 0 bridgehead atoms. The summed E-state index contributed by atoms with van der Waals surface area (Å²) in [5.74, 6) is 7.86. The average Bonchev–Trinajstić information content (AvgIpc) is 2.36. The number of hydrogen-bond acceptors (Lipinski definition) is 0. The fourth-order valence-corrected chi connectivity index (χ4v) is 2.68. The Hall–Kier alpha value is 0.0400. The second kappa shape index (κ2) is 4.92. The minimum absolute atomic E-state index is 0.761. The highest BCUT2D eigenvalue weighted by Crippen LogP contribution is 2.38. The van der Waals surface area contributed by atoms with Crippen LogP contribution in [0.15, 0.2) is 0 Å². The first-order chi connectivity index (χ1) is 5.75. The number of halogens is 1. The van der Waals surface area contributed by atoms with Crippen molar-refractivity contribution in [2.45, 2.75) is 44.4 Å². The van der Waals surface area contributed by atoms with Gasteiger partial charge in [-0.05, 0) is 38.0 Å². The Morgan fingerprint density at radius 2 is 2.17 bits per heavy atom. The number of rotatable bonds is 2. The van der Waals surface area contributed by atoms with Gasteiger partial charge in [0.1, 0.15) is 0 Å². The topological polar surface area (TPSA) is 0 Å². The molecule has 1 saturated carbocycles. The van der Waals surface area contributed by atoms with E-state index in [1.54, 1.807) is 0 Å². The zero-order chi connectivity index (χ0) is 8.97. The molecule has 12 heavy (non-hydrogen) atoms. The van der Waals surface area contributed by atoms with Crippen molar-refractivity contribution in [2.75, 3.05) is 0 Å². The molecule has 3 unspecified atom stereocenters. The van der Waals surface area contributed by atoms with Gasteiger partial charge in [-0.25, -0.2) is 0 Å². The molecule has 1 aliphatic carbocycles. The van der Waals surface area contributed by atoms with Crippen LogP contribution < -0.4 is 0 Å². The molecule has 0 saturated heterocycles. The zero-order valence-electron chi connectivity index (χ0n) is 7.94. The van der Waals surface area contributed by atoms with Gasteiger partial charge in [-0.1, -0.05) is 22.9 Å². The van der Waals surface area contributed by atoms with Crippen molar-refractivity contribution in [3.63, 3.8) is 0 Å². The molecule has 1 rings (SSSR count). The Balaban J connectivity index is 2.27. The van der Waals surface area contributed by atoms with Gasteiger partial charge in [0.2, 0.25) is 0 Å². The monoisotopic (exact) mass is 228 g/mol. The molecule has 3 atom stereocenters. The summed E-state index contributed by atoms with van der Waals surface area (Å²) in [6, 6.07) is 0. The lowest BCUT2D eigenvalue weighted by atomic mass is 9.93. The highest BCUT2D eigenvalue weighted by atomic mass is 79.9. The number of hydrogen-bond donors (Lipinski definition) is 0. The third-order valence-corrected chi connectivity index (χ3v) is 4.24. The summed E-state index contributed by atoms with van der Waals surface area (Å²) in [6.45, 7) is 4.28. The molecule has 0 aromatic rings. The largest absolute Gasteiger partial charge is 0.107 e. The van der Waals surface area contributed by atoms with Gasteiger partial charge in [0.25, 0.3) is 0 Å². The summed E-state index contributed by atoms with van der Waals surface area (Å²) in [5, 5.41) is 0. The van der Waals surface area contributed by atoms with E-state index < -0.39 is 0 Å². The van der Waals surface area contributed by atoms with Gasteiger partial charge in [-0.3, -0.25) is 0 Å². The van der Waals surface area contributed by atoms with Crippen LogP contribution in [-0.2, 0) is 0 Å². The first-order valence-electron chi connectivity index (χ1n) is 4.79. The molecular formula is C11H17Br. The van der Waals surface area contributed by atoms with E-state index in [4.69, 9.17) is 0 Å². The van der Waals surface area contributed by atoms with Crippen molar-refractivity contribution in [3.05, 3.63) is 0 Å². The minimum Gasteiger partial charge on any atom is -0.107 e. The van der Waals surface area contributed by atoms with Gasteiger partial charge in [-0.15, -0.1) is 11.8 Å². The summed E-state index contributed by atoms with van der Waals surface area (Å²) in [5.41, 5.74) is 0. The first kappa shape index (κ1) is 10.1. The van der Waals surface area contributed by atoms with Crippen LogP contribution in [-0.4, -0.2) is 4.83 Å². The second-order valence-corrected chi connectivity index (χ2v) is 4.85. The van der Waals surface area contributed by atoms with Gasteiger partial charge in [-0.2, -0.15) is 0 Å². The summed E-state index contributed by atoms with van der Waals surface area (Å²) in [7, 11) is 0. The Morgan fingerprint density at radius 1 is 1.42 bits per heavy atom. The van der Waals surface area contributed by atoms with Gasteiger partial charge in [0.05, 0.1) is 0 Å². The van der Waals surface area contributed by atoms with Crippen LogP contribution in [0.25, 0.3) is 0 Å². The minimum atomic E-state index is 0.761. The average molecular weight is 229 g/mol. The molecule has 0 spiro atoms. The van der Waals surface area contributed by atoms with Crippen molar-refractivity contribution in [1.82, 2.24) is 0 Å². The Kier molecular flexibility index (Phi) is 4.15. The predicted octanol–water partition coefficient (Wildman–Crippen LogP) is 3.60. The molecule has 68 valence electrons. The second-order valence-electron chi connectivity index (χ2n) is 3.68. The van der Waals surface area contributed by atoms with Crippen LogP contribution in [0.4, 0.5) is 0 Å². The first-order valence-corrected chi connectivity index (χ1v) is 5.71. The lowest BCUT2D eigenvalue weighted by molar-refractivity contribution is 0.402. The molecule has 0 aromatic carbocycles. The molecule has 1 aliphatic rings. The Morgan fingerprint density at radius 3 is 2.67 bits per heavy atom. The molecule has 0 radical (unpaired) electrons. The van der Waals surface area contributed by atoms with Crippen LogP contribution in [0.1, 0.15) is 39.5 Å². The van der Waals surface area contributed by atoms with Crippen LogP contribution >= 0.6 is 15.9 Å². The zero-order valence-corrected chi connectivity index (χ0v) is 9.52. The Labute approximate surface area is 84.2 Å². The highest BCUT2D eigenvalue weighted by molar-refractivity contribution is 9.09. The van der Waals surface area contributed by atoms with Crippen LogP contribution in [0.5, 0.6) is 0 Å². The van der Waals surface area contributed by atoms with Crippen LogP contribution in [0.2, 0.25) is 0 Å². The summed E-state index contributed by atoms with van der Waals surface area (Å²) in [4.78, 5) is 0.761. The normalized spacial score (nSPS) is 34.4. The van der Waals surface area contributed by atoms with Crippen molar-refractivity contribution < 1.29 is 0 Å². The van der Waals surface area contributed by atoms with Crippen LogP contribution in [0, 0.1) is 23.7 Å². The fourth-order valence-electron chi connectivity index (χ4n) is 1.98. The van der Waals surface area contributed by atoms with Crippen LogP contribution in [0.3, 0.4) is 0 Å². The summed E-state index contributed by atoms with van der Waals surface area (Å²) in [6.07, 6.45) is 5.13. The standard InChI is InChI=1S/C11H17Br/c1-3-4-5-6-10-7-8-11(12)9(10)2/h9-11H,5-8H2,1-2H3. The molecule has 1 heteroatoms. The Bertz CT molecular complexity index is 187. The lowest BCUT2D eigenvalue weighted by Gasteiger charge is -2.15. The highest BCUT2D eigenvalue weighted by Gasteiger charge is 2.29. The van der Waals surface area contributed by atoms with Gasteiger partial charge in [0, 0.05) is 11.2 Å². The van der Waals surface area contributed by atoms with E-state index in [0.29, 0.717) is 0 Å². The third kappa shape index (κ3) is 2.52. The molecule has 1 fully saturated rings. The third-order valence-electron chi connectivity index (χ3n) is 2.94. The van der Waals surface area contributed by atoms with E-state index in [9.17, 15) is 0 Å². The van der Waals surface area contributed by atoms with Crippen molar-refractivity contribution in [1.29, 1.82) is 0 Å². The molecule has 0 aliphatic heterocycles. The predicted molar refractivity (Wildman–Crippen MR) is 57.3 cm³/mol. The van der Waals surface area contributed by atoms with Gasteiger partial charge >= 0.3 is 0 Å². The maximum Gasteiger partial charge on any atom is 0.0174 e. The molecule has 0 amide bonds. The van der Waals surface area contributed by atoms with Crippen molar-refractivity contribution in [2.24, 2.45) is 11.8 Å². The smallest absolute Gasteiger partial charge is 0.0174 e. The van der Waals surface area contributed by atoms with Gasteiger partial charge in [0.15, 0.2) is 0 Å². The molecule has 0 N–H and O–H groups in total. The SMILES string of the molecule is CC#CCCC1CCC(Br)C1C. The van der Waals surface area contributed by atoms with Crippen molar-refractivity contribution in [3.8, 4) is 11.8 Å². The molecule has 0 heterocycles. The van der Waals surface area contributed by atoms with E-state index in [1.807, 2.05) is 6.92 Å². The van der Waals surface area contributed by atoms with E-state index in [2.05, 4.69) is 34.7 Å². The van der Waals surface area contributed by atoms with Gasteiger partial charge < -0.3 is 0 Å². The fraction of sp³-hybridized carbons (Fsp3) is 0.818.